The lowest BCUT2D eigenvalue weighted by molar-refractivity contribution is -0.384. The molecule has 0 radical (unpaired) electrons. The molecule has 0 bridgehead atoms. The number of H-pyrrole nitrogens is 1. The maximum atomic E-state index is 12.7. The number of non-ortho nitro benzene ring substituents is 1. The van der Waals surface area contributed by atoms with Crippen LogP contribution in [0.2, 0.25) is 0 Å². The Morgan fingerprint density at radius 1 is 0.964 bits per heavy atom. The molecule has 28 heavy (non-hydrogen) atoms. The molecule has 8 nitrogen and oxygen atoms in total. The minimum Gasteiger partial charge on any atom is -0.293 e. The fourth-order valence-electron chi connectivity index (χ4n) is 2.96. The Bertz CT molecular complexity index is 1260. The van der Waals surface area contributed by atoms with Gasteiger partial charge in [0.2, 0.25) is 0 Å². The van der Waals surface area contributed by atoms with Gasteiger partial charge in [-0.15, -0.1) is 10.2 Å². The highest BCUT2D eigenvalue weighted by atomic mass is 16.6. The molecule has 3 aromatic carbocycles. The van der Waals surface area contributed by atoms with E-state index in [9.17, 15) is 14.9 Å². The van der Waals surface area contributed by atoms with E-state index in [2.05, 4.69) is 15.3 Å². The molecule has 0 spiro atoms. The SMILES string of the molecule is Cc1[nH]n(-c2ccc([N+](=O)[O-])cc2)c(=O)c1N=Nc1cccc2ccccc12. The van der Waals surface area contributed by atoms with Gasteiger partial charge in [0, 0.05) is 17.5 Å². The van der Waals surface area contributed by atoms with Crippen LogP contribution >= 0.6 is 0 Å². The normalized spacial score (nSPS) is 11.3. The first-order chi connectivity index (χ1) is 13.5. The Hall–Kier alpha value is -4.07. The number of aromatic nitrogens is 2. The van der Waals surface area contributed by atoms with Crippen LogP contribution in [-0.4, -0.2) is 14.7 Å². The smallest absolute Gasteiger partial charge is 0.293 e. The van der Waals surface area contributed by atoms with E-state index >= 15 is 0 Å². The molecule has 0 fully saturated rings. The predicted octanol–water partition coefficient (Wildman–Crippen LogP) is 4.95. The van der Waals surface area contributed by atoms with Gasteiger partial charge >= 0.3 is 0 Å². The van der Waals surface area contributed by atoms with Crippen LogP contribution in [-0.2, 0) is 0 Å². The molecule has 8 heteroatoms. The maximum absolute atomic E-state index is 12.7. The van der Waals surface area contributed by atoms with Crippen LogP contribution in [0.3, 0.4) is 0 Å². The highest BCUT2D eigenvalue weighted by molar-refractivity contribution is 5.92. The summed E-state index contributed by atoms with van der Waals surface area (Å²) in [6, 6.07) is 19.2. The topological polar surface area (TPSA) is 106 Å². The second-order valence-corrected chi connectivity index (χ2v) is 6.20. The lowest BCUT2D eigenvalue weighted by Crippen LogP contribution is -2.13. The molecule has 0 amide bonds. The number of aryl methyl sites for hydroxylation is 1. The first-order valence-corrected chi connectivity index (χ1v) is 8.50. The van der Waals surface area contributed by atoms with Gasteiger partial charge in [-0.1, -0.05) is 36.4 Å². The van der Waals surface area contributed by atoms with Crippen molar-refractivity contribution in [2.24, 2.45) is 10.2 Å². The summed E-state index contributed by atoms with van der Waals surface area (Å²) >= 11 is 0. The zero-order valence-corrected chi connectivity index (χ0v) is 14.9. The van der Waals surface area contributed by atoms with Crippen molar-refractivity contribution >= 4 is 27.8 Å². The molecule has 0 aliphatic carbocycles. The minimum absolute atomic E-state index is 0.0454. The number of fused-ring (bicyclic) bond motifs is 1. The lowest BCUT2D eigenvalue weighted by atomic mass is 10.1. The van der Waals surface area contributed by atoms with Crippen molar-refractivity contribution in [1.82, 2.24) is 9.78 Å². The summed E-state index contributed by atoms with van der Waals surface area (Å²) in [5.74, 6) is 0. The van der Waals surface area contributed by atoms with E-state index in [1.165, 1.54) is 28.9 Å². The molecule has 1 heterocycles. The summed E-state index contributed by atoms with van der Waals surface area (Å²) in [4.78, 5) is 23.0. The number of azo groups is 1. The molecular weight excluding hydrogens is 358 g/mol. The van der Waals surface area contributed by atoms with E-state index in [-0.39, 0.29) is 16.9 Å². The summed E-state index contributed by atoms with van der Waals surface area (Å²) in [5, 5.41) is 24.1. The Kier molecular flexibility index (Phi) is 4.29. The van der Waals surface area contributed by atoms with Crippen molar-refractivity contribution in [2.45, 2.75) is 6.92 Å². The second kappa shape index (κ2) is 6.92. The highest BCUT2D eigenvalue weighted by Gasteiger charge is 2.13. The Morgan fingerprint density at radius 3 is 2.43 bits per heavy atom. The number of nitro benzene ring substituents is 1. The molecule has 1 N–H and O–H groups in total. The van der Waals surface area contributed by atoms with Crippen LogP contribution in [0.1, 0.15) is 5.69 Å². The molecule has 0 aliphatic rings. The zero-order valence-electron chi connectivity index (χ0n) is 14.9. The third-order valence-electron chi connectivity index (χ3n) is 4.38. The fourth-order valence-corrected chi connectivity index (χ4v) is 2.96. The van der Waals surface area contributed by atoms with Crippen molar-refractivity contribution in [3.8, 4) is 5.69 Å². The molecule has 4 aromatic rings. The van der Waals surface area contributed by atoms with E-state index < -0.39 is 4.92 Å². The van der Waals surface area contributed by atoms with Crippen LogP contribution in [0.25, 0.3) is 16.5 Å². The standard InChI is InChI=1S/C20H15N5O3/c1-13-19(22-21-18-8-4-6-14-5-2-3-7-17(14)18)20(26)24(23-13)15-9-11-16(12-10-15)25(27)28/h2-12,23H,1H3. The third-order valence-corrected chi connectivity index (χ3v) is 4.38. The van der Waals surface area contributed by atoms with Gasteiger partial charge in [-0.25, -0.2) is 4.68 Å². The summed E-state index contributed by atoms with van der Waals surface area (Å²) in [6.07, 6.45) is 0. The van der Waals surface area contributed by atoms with E-state index in [4.69, 9.17) is 0 Å². The quantitative estimate of drug-likeness (QED) is 0.311. The summed E-state index contributed by atoms with van der Waals surface area (Å²) in [5.41, 5.74) is 1.45. The number of nitrogens with one attached hydrogen (secondary N) is 1. The average molecular weight is 373 g/mol. The van der Waals surface area contributed by atoms with Crippen LogP contribution in [0.5, 0.6) is 0 Å². The van der Waals surface area contributed by atoms with Crippen LogP contribution in [0, 0.1) is 17.0 Å². The molecule has 0 saturated carbocycles. The summed E-state index contributed by atoms with van der Waals surface area (Å²) < 4.78 is 1.29. The number of hydrogen-bond donors (Lipinski definition) is 1. The number of hydrogen-bond acceptors (Lipinski definition) is 5. The van der Waals surface area contributed by atoms with Crippen LogP contribution in [0.15, 0.2) is 81.8 Å². The van der Waals surface area contributed by atoms with Gasteiger partial charge in [-0.3, -0.25) is 20.0 Å². The van der Waals surface area contributed by atoms with Crippen molar-refractivity contribution in [2.75, 3.05) is 0 Å². The monoisotopic (exact) mass is 373 g/mol. The Morgan fingerprint density at radius 2 is 1.68 bits per heavy atom. The van der Waals surface area contributed by atoms with Gasteiger partial charge in [0.25, 0.3) is 11.2 Å². The fraction of sp³-hybridized carbons (Fsp3) is 0.0500. The molecule has 4 rings (SSSR count). The Labute approximate surface area is 158 Å². The van der Waals surface area contributed by atoms with Gasteiger partial charge in [0.05, 0.1) is 22.0 Å². The van der Waals surface area contributed by atoms with E-state index in [0.29, 0.717) is 17.1 Å². The molecule has 0 unspecified atom stereocenters. The van der Waals surface area contributed by atoms with Crippen molar-refractivity contribution in [1.29, 1.82) is 0 Å². The predicted molar refractivity (Wildman–Crippen MR) is 106 cm³/mol. The van der Waals surface area contributed by atoms with Gasteiger partial charge in [0.1, 0.15) is 0 Å². The Balaban J connectivity index is 1.72. The number of aromatic amines is 1. The van der Waals surface area contributed by atoms with E-state index in [1.807, 2.05) is 42.5 Å². The molecule has 0 saturated heterocycles. The van der Waals surface area contributed by atoms with Crippen molar-refractivity contribution in [3.05, 3.63) is 92.9 Å². The largest absolute Gasteiger partial charge is 0.299 e. The van der Waals surface area contributed by atoms with Gasteiger partial charge in [0.15, 0.2) is 5.69 Å². The van der Waals surface area contributed by atoms with E-state index in [0.717, 1.165) is 10.8 Å². The highest BCUT2D eigenvalue weighted by Crippen LogP contribution is 2.27. The summed E-state index contributed by atoms with van der Waals surface area (Å²) in [7, 11) is 0. The zero-order chi connectivity index (χ0) is 19.7. The number of nitrogens with zero attached hydrogens (tertiary/aromatic N) is 4. The lowest BCUT2D eigenvalue weighted by Gasteiger charge is -2.00. The number of nitro groups is 1. The van der Waals surface area contributed by atoms with Crippen molar-refractivity contribution < 1.29 is 4.92 Å². The van der Waals surface area contributed by atoms with Crippen LogP contribution in [0.4, 0.5) is 17.1 Å². The number of benzene rings is 3. The first kappa shape index (κ1) is 17.3. The third kappa shape index (κ3) is 3.07. The minimum atomic E-state index is -0.490. The van der Waals surface area contributed by atoms with E-state index in [1.54, 1.807) is 6.92 Å². The molecule has 0 atom stereocenters. The average Bonchev–Trinajstić information content (AvgIpc) is 3.00. The molecule has 138 valence electrons. The molecule has 1 aromatic heterocycles. The summed E-state index contributed by atoms with van der Waals surface area (Å²) in [6.45, 7) is 1.72. The second-order valence-electron chi connectivity index (χ2n) is 6.20. The van der Waals surface area contributed by atoms with Gasteiger partial charge in [-0.05, 0) is 30.5 Å². The van der Waals surface area contributed by atoms with Gasteiger partial charge in [-0.2, -0.15) is 0 Å². The maximum Gasteiger partial charge on any atom is 0.299 e. The van der Waals surface area contributed by atoms with Crippen LogP contribution < -0.4 is 5.56 Å². The van der Waals surface area contributed by atoms with Crippen molar-refractivity contribution in [3.63, 3.8) is 0 Å². The van der Waals surface area contributed by atoms with Gasteiger partial charge < -0.3 is 0 Å². The molecular formula is C20H15N5O3. The number of rotatable bonds is 4. The first-order valence-electron chi connectivity index (χ1n) is 8.50. The molecule has 0 aliphatic heterocycles.